The molecular formula is C26H27N3O6S. The second kappa shape index (κ2) is 10.5. The van der Waals surface area contributed by atoms with E-state index in [-0.39, 0.29) is 24.2 Å². The topological polar surface area (TPSA) is 97.4 Å². The van der Waals surface area contributed by atoms with E-state index in [0.717, 1.165) is 36.7 Å². The van der Waals surface area contributed by atoms with Crippen molar-refractivity contribution in [1.29, 1.82) is 0 Å². The van der Waals surface area contributed by atoms with Crippen molar-refractivity contribution >= 4 is 21.6 Å². The number of amides is 1. The summed E-state index contributed by atoms with van der Waals surface area (Å²) >= 11 is 0. The van der Waals surface area contributed by atoms with Gasteiger partial charge < -0.3 is 19.1 Å². The molecule has 9 nitrogen and oxygen atoms in total. The third-order valence-corrected chi connectivity index (χ3v) is 7.49. The molecular weight excluding hydrogens is 482 g/mol. The van der Waals surface area contributed by atoms with Crippen molar-refractivity contribution in [3.8, 4) is 17.2 Å². The fourth-order valence-electron chi connectivity index (χ4n) is 4.12. The number of ether oxygens (including phenoxy) is 3. The van der Waals surface area contributed by atoms with Gasteiger partial charge in [-0.15, -0.1) is 0 Å². The Hall–Kier alpha value is -3.76. The number of para-hydroxylation sites is 1. The summed E-state index contributed by atoms with van der Waals surface area (Å²) in [7, 11) is -3.71. The first-order valence-corrected chi connectivity index (χ1v) is 13.1. The summed E-state index contributed by atoms with van der Waals surface area (Å²) in [4.78, 5) is 16.8. The quantitative estimate of drug-likeness (QED) is 0.499. The Bertz CT molecular complexity index is 1310. The first-order valence-electron chi connectivity index (χ1n) is 11.7. The van der Waals surface area contributed by atoms with Crippen molar-refractivity contribution in [2.45, 2.75) is 11.4 Å². The molecule has 5 rings (SSSR count). The number of hydrogen-bond acceptors (Lipinski definition) is 7. The van der Waals surface area contributed by atoms with Gasteiger partial charge in [-0.1, -0.05) is 24.3 Å². The Labute approximate surface area is 210 Å². The summed E-state index contributed by atoms with van der Waals surface area (Å²) in [6.45, 7) is 3.71. The summed E-state index contributed by atoms with van der Waals surface area (Å²) in [5.41, 5.74) is 1.63. The average molecular weight is 510 g/mol. The van der Waals surface area contributed by atoms with Crippen molar-refractivity contribution < 1.29 is 27.4 Å². The maximum Gasteiger partial charge on any atom is 0.261 e. The predicted molar refractivity (Wildman–Crippen MR) is 134 cm³/mol. The standard InChI is InChI=1S/C26H27N3O6S/c30-26(29-14-12-28(13-15-29)17-20-6-11-24-25(16-20)35-19-34-24)18-33-22-7-9-23(10-8-22)36(31,32)27-21-4-2-1-3-5-21/h1-11,16,27H,12-15,17-19H2. The van der Waals surface area contributed by atoms with Gasteiger partial charge in [0.25, 0.3) is 15.9 Å². The molecule has 3 aromatic rings. The minimum Gasteiger partial charge on any atom is -0.484 e. The summed E-state index contributed by atoms with van der Waals surface area (Å²) in [5.74, 6) is 1.88. The van der Waals surface area contributed by atoms with Gasteiger partial charge in [-0.3, -0.25) is 14.4 Å². The van der Waals surface area contributed by atoms with Crippen LogP contribution in [0.4, 0.5) is 5.69 Å². The van der Waals surface area contributed by atoms with Crippen molar-refractivity contribution in [1.82, 2.24) is 9.80 Å². The number of nitrogens with zero attached hydrogens (tertiary/aromatic N) is 2. The molecule has 3 aromatic carbocycles. The maximum absolute atomic E-state index is 12.6. The number of fused-ring (bicyclic) bond motifs is 1. The number of carbonyl (C=O) groups is 1. The van der Waals surface area contributed by atoms with Gasteiger partial charge >= 0.3 is 0 Å². The Morgan fingerprint density at radius 2 is 1.61 bits per heavy atom. The number of piperazine rings is 1. The average Bonchev–Trinajstić information content (AvgIpc) is 3.36. The molecule has 0 spiro atoms. The molecule has 1 N–H and O–H groups in total. The van der Waals surface area contributed by atoms with Crippen LogP contribution in [0.2, 0.25) is 0 Å². The van der Waals surface area contributed by atoms with Crippen LogP contribution in [-0.4, -0.2) is 63.7 Å². The molecule has 0 aromatic heterocycles. The van der Waals surface area contributed by atoms with E-state index < -0.39 is 10.0 Å². The van der Waals surface area contributed by atoms with Crippen LogP contribution in [0.1, 0.15) is 5.56 Å². The van der Waals surface area contributed by atoms with Crippen molar-refractivity contribution in [3.05, 3.63) is 78.4 Å². The van der Waals surface area contributed by atoms with Crippen LogP contribution in [-0.2, 0) is 21.4 Å². The fraction of sp³-hybridized carbons (Fsp3) is 0.269. The first-order chi connectivity index (χ1) is 17.5. The van der Waals surface area contributed by atoms with Gasteiger partial charge in [0, 0.05) is 38.4 Å². The fourth-order valence-corrected chi connectivity index (χ4v) is 5.18. The van der Waals surface area contributed by atoms with Crippen LogP contribution >= 0.6 is 0 Å². The highest BCUT2D eigenvalue weighted by Gasteiger charge is 2.22. The molecule has 0 atom stereocenters. The Balaban J connectivity index is 1.08. The minimum absolute atomic E-state index is 0.0971. The van der Waals surface area contributed by atoms with E-state index in [0.29, 0.717) is 24.5 Å². The second-order valence-corrected chi connectivity index (χ2v) is 10.3. The van der Waals surface area contributed by atoms with Crippen LogP contribution in [0.3, 0.4) is 0 Å². The zero-order chi connectivity index (χ0) is 25.0. The molecule has 36 heavy (non-hydrogen) atoms. The van der Waals surface area contributed by atoms with Crippen molar-refractivity contribution in [2.75, 3.05) is 44.3 Å². The van der Waals surface area contributed by atoms with E-state index in [1.54, 1.807) is 41.3 Å². The van der Waals surface area contributed by atoms with Gasteiger partial charge in [0.2, 0.25) is 6.79 Å². The number of carbonyl (C=O) groups excluding carboxylic acids is 1. The third-order valence-electron chi connectivity index (χ3n) is 6.09. The van der Waals surface area contributed by atoms with E-state index in [1.807, 2.05) is 24.3 Å². The number of nitrogens with one attached hydrogen (secondary N) is 1. The van der Waals surface area contributed by atoms with Gasteiger partial charge in [-0.2, -0.15) is 0 Å². The van der Waals surface area contributed by atoms with Gasteiger partial charge in [0.15, 0.2) is 18.1 Å². The molecule has 2 aliphatic heterocycles. The SMILES string of the molecule is O=C(COc1ccc(S(=O)(=O)Nc2ccccc2)cc1)N1CCN(Cc2ccc3c(c2)OCO3)CC1. The predicted octanol–water partition coefficient (Wildman–Crippen LogP) is 2.94. The van der Waals surface area contributed by atoms with Crippen LogP contribution in [0.25, 0.3) is 0 Å². The number of rotatable bonds is 8. The van der Waals surface area contributed by atoms with Crippen LogP contribution in [0, 0.1) is 0 Å². The lowest BCUT2D eigenvalue weighted by molar-refractivity contribution is -0.135. The highest BCUT2D eigenvalue weighted by molar-refractivity contribution is 7.92. The molecule has 1 saturated heterocycles. The van der Waals surface area contributed by atoms with Crippen LogP contribution in [0.5, 0.6) is 17.2 Å². The van der Waals surface area contributed by atoms with Crippen molar-refractivity contribution in [2.24, 2.45) is 0 Å². The lowest BCUT2D eigenvalue weighted by atomic mass is 10.1. The van der Waals surface area contributed by atoms with Gasteiger partial charge in [-0.25, -0.2) is 8.42 Å². The molecule has 2 heterocycles. The van der Waals surface area contributed by atoms with E-state index >= 15 is 0 Å². The maximum atomic E-state index is 12.6. The van der Waals surface area contributed by atoms with Gasteiger partial charge in [-0.05, 0) is 54.1 Å². The van der Waals surface area contributed by atoms with Crippen LogP contribution in [0.15, 0.2) is 77.7 Å². The van der Waals surface area contributed by atoms with Gasteiger partial charge in [0.05, 0.1) is 4.90 Å². The number of benzene rings is 3. The van der Waals surface area contributed by atoms with E-state index in [9.17, 15) is 13.2 Å². The van der Waals surface area contributed by atoms with Crippen LogP contribution < -0.4 is 18.9 Å². The molecule has 0 radical (unpaired) electrons. The van der Waals surface area contributed by atoms with Crippen molar-refractivity contribution in [3.63, 3.8) is 0 Å². The highest BCUT2D eigenvalue weighted by atomic mass is 32.2. The lowest BCUT2D eigenvalue weighted by Gasteiger charge is -2.34. The molecule has 0 bridgehead atoms. The molecule has 10 heteroatoms. The lowest BCUT2D eigenvalue weighted by Crippen LogP contribution is -2.49. The molecule has 1 fully saturated rings. The Kier molecular flexibility index (Phi) is 6.97. The molecule has 188 valence electrons. The number of anilines is 1. The zero-order valence-corrected chi connectivity index (χ0v) is 20.4. The molecule has 0 unspecified atom stereocenters. The molecule has 1 amide bonds. The summed E-state index contributed by atoms with van der Waals surface area (Å²) < 4.78 is 44.1. The monoisotopic (exact) mass is 509 g/mol. The summed E-state index contributed by atoms with van der Waals surface area (Å²) in [6.07, 6.45) is 0. The van der Waals surface area contributed by atoms with E-state index in [2.05, 4.69) is 9.62 Å². The number of sulfonamides is 1. The summed E-state index contributed by atoms with van der Waals surface area (Å²) in [5, 5.41) is 0. The first kappa shape index (κ1) is 24.0. The summed E-state index contributed by atoms with van der Waals surface area (Å²) in [6, 6.07) is 20.7. The second-order valence-electron chi connectivity index (χ2n) is 8.58. The van der Waals surface area contributed by atoms with Gasteiger partial charge in [0.1, 0.15) is 5.75 Å². The Morgan fingerprint density at radius 3 is 2.36 bits per heavy atom. The minimum atomic E-state index is -3.71. The van der Waals surface area contributed by atoms with E-state index in [1.165, 1.54) is 12.1 Å². The third kappa shape index (κ3) is 5.72. The highest BCUT2D eigenvalue weighted by Crippen LogP contribution is 2.32. The molecule has 2 aliphatic rings. The number of hydrogen-bond donors (Lipinski definition) is 1. The molecule has 0 aliphatic carbocycles. The smallest absolute Gasteiger partial charge is 0.261 e. The molecule has 0 saturated carbocycles. The largest absolute Gasteiger partial charge is 0.484 e. The zero-order valence-electron chi connectivity index (χ0n) is 19.6. The Morgan fingerprint density at radius 1 is 0.889 bits per heavy atom. The van der Waals surface area contributed by atoms with E-state index in [4.69, 9.17) is 14.2 Å². The normalized spacial score (nSPS) is 15.5.